The van der Waals surface area contributed by atoms with Crippen molar-refractivity contribution in [3.63, 3.8) is 0 Å². The topological polar surface area (TPSA) is 84.1 Å². The van der Waals surface area contributed by atoms with Crippen molar-refractivity contribution >= 4 is 11.3 Å². The monoisotopic (exact) mass is 437 g/mol. The van der Waals surface area contributed by atoms with Crippen LogP contribution in [-0.4, -0.2) is 47.4 Å². The Morgan fingerprint density at radius 3 is 2.58 bits per heavy atom. The zero-order chi connectivity index (χ0) is 21.4. The van der Waals surface area contributed by atoms with E-state index in [2.05, 4.69) is 20.0 Å². The van der Waals surface area contributed by atoms with Gasteiger partial charge in [-0.05, 0) is 50.1 Å². The molecule has 0 aliphatic carbocycles. The second kappa shape index (κ2) is 8.26. The number of fused-ring (bicyclic) bond motifs is 2. The summed E-state index contributed by atoms with van der Waals surface area (Å²) in [4.78, 5) is 24.7. The summed E-state index contributed by atoms with van der Waals surface area (Å²) in [6, 6.07) is 7.86. The van der Waals surface area contributed by atoms with E-state index in [0.29, 0.717) is 12.8 Å². The van der Waals surface area contributed by atoms with Gasteiger partial charge in [0.1, 0.15) is 11.5 Å². The second-order valence-electron chi connectivity index (χ2n) is 8.87. The molecule has 5 rings (SSSR count). The van der Waals surface area contributed by atoms with E-state index in [1.807, 2.05) is 36.8 Å². The first kappa shape index (κ1) is 20.5. The van der Waals surface area contributed by atoms with Crippen molar-refractivity contribution in [2.75, 3.05) is 0 Å². The Balaban J connectivity index is 1.35. The molecule has 0 aromatic carbocycles. The number of thiophene rings is 1. The SMILES string of the molecule is Cc1ncc(CN2[C@@H]3CCC[C@H]2CC(O)(Cn2nc(-c4cccs4)ccc2=O)C3)cn1. The molecule has 2 fully saturated rings. The summed E-state index contributed by atoms with van der Waals surface area (Å²) in [6.07, 6.45) is 8.39. The molecule has 0 amide bonds. The number of aromatic nitrogens is 4. The first-order valence-corrected chi connectivity index (χ1v) is 11.7. The average molecular weight is 438 g/mol. The van der Waals surface area contributed by atoms with Crippen molar-refractivity contribution in [2.24, 2.45) is 0 Å². The molecule has 2 saturated heterocycles. The number of aliphatic hydroxyl groups is 1. The molecule has 0 saturated carbocycles. The Bertz CT molecular complexity index is 1080. The third kappa shape index (κ3) is 4.33. The van der Waals surface area contributed by atoms with E-state index in [-0.39, 0.29) is 24.2 Å². The molecular formula is C23H27N5O2S. The fraction of sp³-hybridized carbons (Fsp3) is 0.478. The van der Waals surface area contributed by atoms with Crippen molar-refractivity contribution in [1.29, 1.82) is 0 Å². The van der Waals surface area contributed by atoms with Gasteiger partial charge in [0.15, 0.2) is 0 Å². The maximum absolute atomic E-state index is 12.5. The average Bonchev–Trinajstić information content (AvgIpc) is 3.27. The van der Waals surface area contributed by atoms with Crippen LogP contribution in [0.1, 0.15) is 43.5 Å². The zero-order valence-electron chi connectivity index (χ0n) is 17.6. The Morgan fingerprint density at radius 2 is 1.90 bits per heavy atom. The summed E-state index contributed by atoms with van der Waals surface area (Å²) in [6.45, 7) is 2.93. The van der Waals surface area contributed by atoms with E-state index in [1.54, 1.807) is 23.5 Å². The summed E-state index contributed by atoms with van der Waals surface area (Å²) >= 11 is 1.59. The van der Waals surface area contributed by atoms with Crippen LogP contribution in [0.5, 0.6) is 0 Å². The lowest BCUT2D eigenvalue weighted by Gasteiger charge is -2.52. The van der Waals surface area contributed by atoms with E-state index in [4.69, 9.17) is 0 Å². The largest absolute Gasteiger partial charge is 0.388 e. The van der Waals surface area contributed by atoms with Crippen LogP contribution in [0.15, 0.2) is 46.8 Å². The van der Waals surface area contributed by atoms with Gasteiger partial charge in [0.2, 0.25) is 0 Å². The molecule has 1 unspecified atom stereocenters. The quantitative estimate of drug-likeness (QED) is 0.661. The number of rotatable bonds is 5. The molecule has 3 aromatic heterocycles. The molecule has 7 nitrogen and oxygen atoms in total. The summed E-state index contributed by atoms with van der Waals surface area (Å²) in [5, 5.41) is 18.1. The van der Waals surface area contributed by atoms with Crippen molar-refractivity contribution in [3.8, 4) is 10.6 Å². The molecule has 1 N–H and O–H groups in total. The Labute approximate surface area is 185 Å². The van der Waals surface area contributed by atoms with Gasteiger partial charge in [0.25, 0.3) is 5.56 Å². The van der Waals surface area contributed by atoms with E-state index in [1.165, 1.54) is 11.1 Å². The van der Waals surface area contributed by atoms with Gasteiger partial charge < -0.3 is 5.11 Å². The first-order chi connectivity index (χ1) is 15.0. The summed E-state index contributed by atoms with van der Waals surface area (Å²) in [5.41, 5.74) is 0.781. The van der Waals surface area contributed by atoms with E-state index >= 15 is 0 Å². The second-order valence-corrected chi connectivity index (χ2v) is 9.82. The van der Waals surface area contributed by atoms with Gasteiger partial charge in [-0.1, -0.05) is 12.5 Å². The molecule has 5 heterocycles. The Morgan fingerprint density at radius 1 is 1.16 bits per heavy atom. The van der Waals surface area contributed by atoms with Crippen molar-refractivity contribution in [1.82, 2.24) is 24.6 Å². The van der Waals surface area contributed by atoms with Gasteiger partial charge in [-0.15, -0.1) is 11.3 Å². The Kier molecular flexibility index (Phi) is 5.45. The highest BCUT2D eigenvalue weighted by Crippen LogP contribution is 2.40. The lowest BCUT2D eigenvalue weighted by Crippen LogP contribution is -2.59. The van der Waals surface area contributed by atoms with Crippen LogP contribution in [0.25, 0.3) is 10.6 Å². The minimum absolute atomic E-state index is 0.168. The highest BCUT2D eigenvalue weighted by Gasteiger charge is 2.45. The smallest absolute Gasteiger partial charge is 0.266 e. The third-order valence-corrected chi connectivity index (χ3v) is 7.42. The molecule has 0 radical (unpaired) electrons. The highest BCUT2D eigenvalue weighted by molar-refractivity contribution is 7.13. The van der Waals surface area contributed by atoms with Gasteiger partial charge in [0.05, 0.1) is 17.0 Å². The Hall–Kier alpha value is -2.42. The van der Waals surface area contributed by atoms with Gasteiger partial charge in [-0.2, -0.15) is 5.10 Å². The molecule has 0 spiro atoms. The van der Waals surface area contributed by atoms with Crippen LogP contribution in [0.4, 0.5) is 0 Å². The molecule has 3 atom stereocenters. The van der Waals surface area contributed by atoms with Crippen LogP contribution in [0.2, 0.25) is 0 Å². The normalized spacial score (nSPS) is 26.1. The molecule has 3 aromatic rings. The summed E-state index contributed by atoms with van der Waals surface area (Å²) in [7, 11) is 0. The van der Waals surface area contributed by atoms with E-state index in [9.17, 15) is 9.90 Å². The van der Waals surface area contributed by atoms with Gasteiger partial charge in [0, 0.05) is 42.7 Å². The number of aryl methyl sites for hydroxylation is 1. The summed E-state index contributed by atoms with van der Waals surface area (Å²) in [5.74, 6) is 0.777. The minimum atomic E-state index is -0.930. The number of hydrogen-bond acceptors (Lipinski definition) is 7. The van der Waals surface area contributed by atoms with Gasteiger partial charge in [-0.3, -0.25) is 9.69 Å². The molecular weight excluding hydrogens is 410 g/mol. The molecule has 8 heteroatoms. The number of hydrogen-bond donors (Lipinski definition) is 1. The van der Waals surface area contributed by atoms with Crippen molar-refractivity contribution in [2.45, 2.75) is 69.8 Å². The molecule has 2 aliphatic heterocycles. The highest BCUT2D eigenvalue weighted by atomic mass is 32.1. The number of piperidine rings is 2. The maximum Gasteiger partial charge on any atom is 0.266 e. The molecule has 162 valence electrons. The maximum atomic E-state index is 12.5. The van der Waals surface area contributed by atoms with E-state index < -0.39 is 5.60 Å². The predicted molar refractivity (Wildman–Crippen MR) is 120 cm³/mol. The lowest BCUT2D eigenvalue weighted by atomic mass is 9.75. The van der Waals surface area contributed by atoms with Gasteiger partial charge in [-0.25, -0.2) is 14.6 Å². The third-order valence-electron chi connectivity index (χ3n) is 6.53. The molecule has 2 bridgehead atoms. The van der Waals surface area contributed by atoms with Gasteiger partial charge >= 0.3 is 0 Å². The van der Waals surface area contributed by atoms with Crippen LogP contribution >= 0.6 is 11.3 Å². The first-order valence-electron chi connectivity index (χ1n) is 10.9. The number of nitrogens with zero attached hydrogens (tertiary/aromatic N) is 5. The molecule has 2 aliphatic rings. The zero-order valence-corrected chi connectivity index (χ0v) is 18.5. The predicted octanol–water partition coefficient (Wildman–Crippen LogP) is 3.02. The van der Waals surface area contributed by atoms with Crippen molar-refractivity contribution in [3.05, 3.63) is 63.8 Å². The fourth-order valence-electron chi connectivity index (χ4n) is 5.11. The fourth-order valence-corrected chi connectivity index (χ4v) is 5.80. The van der Waals surface area contributed by atoms with Crippen molar-refractivity contribution < 1.29 is 5.11 Å². The van der Waals surface area contributed by atoms with Crippen LogP contribution < -0.4 is 5.56 Å². The lowest BCUT2D eigenvalue weighted by molar-refractivity contribution is -0.105. The van der Waals surface area contributed by atoms with E-state index in [0.717, 1.165) is 41.3 Å². The minimum Gasteiger partial charge on any atom is -0.388 e. The van der Waals surface area contributed by atoms with Crippen LogP contribution in [0.3, 0.4) is 0 Å². The van der Waals surface area contributed by atoms with Crippen LogP contribution in [-0.2, 0) is 13.1 Å². The standard InChI is InChI=1S/C23H27N5O2S/c1-16-24-12-17(13-25-16)14-27-18-4-2-5-19(27)11-23(30,10-18)15-28-22(29)8-7-20(26-28)21-6-3-9-31-21/h3,6-9,12-13,18-19,30H,2,4-5,10-11,14-15H2,1H3/t18-,19+,23?. The molecule has 31 heavy (non-hydrogen) atoms. The van der Waals surface area contributed by atoms with Crippen LogP contribution in [0, 0.1) is 6.92 Å². The summed E-state index contributed by atoms with van der Waals surface area (Å²) < 4.78 is 1.45.